The highest BCUT2D eigenvalue weighted by atomic mass is 35.5. The standard InChI is InChI=1S/C11H17ClN2O/c1-9-10(8-12)4-5-11(13-9)14(2)6-7-15-3/h4-5H,6-8H2,1-3H3. The first-order chi connectivity index (χ1) is 7.19. The molecule has 0 radical (unpaired) electrons. The molecular weight excluding hydrogens is 212 g/mol. The van der Waals surface area contributed by atoms with Crippen molar-refractivity contribution in [1.82, 2.24) is 4.98 Å². The fourth-order valence-electron chi connectivity index (χ4n) is 1.27. The van der Waals surface area contributed by atoms with Crippen molar-refractivity contribution in [3.63, 3.8) is 0 Å². The molecule has 0 aromatic carbocycles. The maximum Gasteiger partial charge on any atom is 0.128 e. The van der Waals surface area contributed by atoms with Gasteiger partial charge in [-0.3, -0.25) is 0 Å². The number of methoxy groups -OCH3 is 1. The van der Waals surface area contributed by atoms with Crippen LogP contribution >= 0.6 is 11.6 Å². The summed E-state index contributed by atoms with van der Waals surface area (Å²) in [6, 6.07) is 4.01. The maximum atomic E-state index is 5.77. The first kappa shape index (κ1) is 12.3. The number of rotatable bonds is 5. The Bertz CT molecular complexity index is 317. The van der Waals surface area contributed by atoms with E-state index in [4.69, 9.17) is 16.3 Å². The molecule has 0 unspecified atom stereocenters. The van der Waals surface area contributed by atoms with Crippen molar-refractivity contribution < 1.29 is 4.74 Å². The number of hydrogen-bond acceptors (Lipinski definition) is 3. The second kappa shape index (κ2) is 5.93. The van der Waals surface area contributed by atoms with Crippen molar-refractivity contribution in [2.24, 2.45) is 0 Å². The third-order valence-corrected chi connectivity index (χ3v) is 2.63. The summed E-state index contributed by atoms with van der Waals surface area (Å²) in [5, 5.41) is 0. The second-order valence-corrected chi connectivity index (χ2v) is 3.73. The first-order valence-corrected chi connectivity index (χ1v) is 5.45. The van der Waals surface area contributed by atoms with Crippen molar-refractivity contribution in [1.29, 1.82) is 0 Å². The number of ether oxygens (including phenoxy) is 1. The van der Waals surface area contributed by atoms with Gasteiger partial charge in [-0.15, -0.1) is 11.6 Å². The zero-order valence-corrected chi connectivity index (χ0v) is 10.2. The van der Waals surface area contributed by atoms with Gasteiger partial charge in [0.1, 0.15) is 5.82 Å². The van der Waals surface area contributed by atoms with Crippen LogP contribution in [0, 0.1) is 6.92 Å². The van der Waals surface area contributed by atoms with Crippen molar-refractivity contribution in [3.05, 3.63) is 23.4 Å². The largest absolute Gasteiger partial charge is 0.383 e. The number of halogens is 1. The lowest BCUT2D eigenvalue weighted by Crippen LogP contribution is -2.23. The number of alkyl halides is 1. The summed E-state index contributed by atoms with van der Waals surface area (Å²) in [6.45, 7) is 3.52. The number of nitrogens with zero attached hydrogens (tertiary/aromatic N) is 2. The van der Waals surface area contributed by atoms with Crippen LogP contribution in [0.15, 0.2) is 12.1 Å². The van der Waals surface area contributed by atoms with Crippen LogP contribution in [0.5, 0.6) is 0 Å². The number of anilines is 1. The fraction of sp³-hybridized carbons (Fsp3) is 0.545. The van der Waals surface area contributed by atoms with E-state index in [2.05, 4.69) is 9.88 Å². The van der Waals surface area contributed by atoms with Crippen molar-refractivity contribution in [2.75, 3.05) is 32.2 Å². The third-order valence-electron chi connectivity index (χ3n) is 2.35. The normalized spacial score (nSPS) is 10.4. The van der Waals surface area contributed by atoms with E-state index in [1.54, 1.807) is 7.11 Å². The van der Waals surface area contributed by atoms with E-state index in [0.717, 1.165) is 23.6 Å². The minimum Gasteiger partial charge on any atom is -0.383 e. The molecule has 0 saturated heterocycles. The molecule has 0 saturated carbocycles. The minimum absolute atomic E-state index is 0.515. The van der Waals surface area contributed by atoms with E-state index in [-0.39, 0.29) is 0 Å². The highest BCUT2D eigenvalue weighted by Gasteiger charge is 2.04. The van der Waals surface area contributed by atoms with Crippen LogP contribution in [0.2, 0.25) is 0 Å². The maximum absolute atomic E-state index is 5.77. The topological polar surface area (TPSA) is 25.4 Å². The zero-order chi connectivity index (χ0) is 11.3. The molecule has 1 rings (SSSR count). The quantitative estimate of drug-likeness (QED) is 0.723. The van der Waals surface area contributed by atoms with Crippen molar-refractivity contribution in [2.45, 2.75) is 12.8 Å². The average molecular weight is 229 g/mol. The highest BCUT2D eigenvalue weighted by molar-refractivity contribution is 6.17. The predicted octanol–water partition coefficient (Wildman–Crippen LogP) is 2.21. The van der Waals surface area contributed by atoms with Gasteiger partial charge < -0.3 is 9.64 Å². The van der Waals surface area contributed by atoms with Crippen molar-refractivity contribution >= 4 is 17.4 Å². The van der Waals surface area contributed by atoms with E-state index in [9.17, 15) is 0 Å². The lowest BCUT2D eigenvalue weighted by atomic mass is 10.2. The first-order valence-electron chi connectivity index (χ1n) is 4.91. The molecule has 0 atom stereocenters. The summed E-state index contributed by atoms with van der Waals surface area (Å²) >= 11 is 5.77. The predicted molar refractivity (Wildman–Crippen MR) is 63.7 cm³/mol. The average Bonchev–Trinajstić information content (AvgIpc) is 2.25. The second-order valence-electron chi connectivity index (χ2n) is 3.46. The molecule has 0 bridgehead atoms. The number of pyridine rings is 1. The van der Waals surface area contributed by atoms with Crippen LogP contribution < -0.4 is 4.90 Å². The Kier molecular flexibility index (Phi) is 4.85. The van der Waals surface area contributed by atoms with Crippen molar-refractivity contribution in [3.8, 4) is 0 Å². The molecule has 0 aliphatic heterocycles. The highest BCUT2D eigenvalue weighted by Crippen LogP contribution is 2.14. The SMILES string of the molecule is COCCN(C)c1ccc(CCl)c(C)n1. The van der Waals surface area contributed by atoms with Crippen LogP contribution in [-0.4, -0.2) is 32.3 Å². The summed E-state index contributed by atoms with van der Waals surface area (Å²) in [5.74, 6) is 1.47. The van der Waals surface area contributed by atoms with Gasteiger partial charge in [-0.05, 0) is 18.6 Å². The Morgan fingerprint density at radius 2 is 2.20 bits per heavy atom. The van der Waals surface area contributed by atoms with E-state index < -0.39 is 0 Å². The molecule has 4 heteroatoms. The van der Waals surface area contributed by atoms with E-state index in [1.807, 2.05) is 26.1 Å². The van der Waals surface area contributed by atoms with E-state index in [0.29, 0.717) is 12.5 Å². The third kappa shape index (κ3) is 3.36. The lowest BCUT2D eigenvalue weighted by Gasteiger charge is -2.18. The van der Waals surface area contributed by atoms with Gasteiger partial charge in [0.25, 0.3) is 0 Å². The Hall–Kier alpha value is -0.800. The van der Waals surface area contributed by atoms with Crippen LogP contribution in [0.1, 0.15) is 11.3 Å². The smallest absolute Gasteiger partial charge is 0.128 e. The molecule has 0 fully saturated rings. The van der Waals surface area contributed by atoms with Crippen LogP contribution in [-0.2, 0) is 10.6 Å². The Labute approximate surface area is 96.0 Å². The van der Waals surface area contributed by atoms with Gasteiger partial charge in [-0.25, -0.2) is 4.98 Å². The van der Waals surface area contributed by atoms with Crippen LogP contribution in [0.3, 0.4) is 0 Å². The number of likely N-dealkylation sites (N-methyl/N-ethyl adjacent to an activating group) is 1. The minimum atomic E-state index is 0.515. The van der Waals surface area contributed by atoms with Gasteiger partial charge in [0.05, 0.1) is 6.61 Å². The van der Waals surface area contributed by atoms with Gasteiger partial charge >= 0.3 is 0 Å². The summed E-state index contributed by atoms with van der Waals surface area (Å²) in [6.07, 6.45) is 0. The van der Waals surface area contributed by atoms with Gasteiger partial charge in [-0.1, -0.05) is 6.07 Å². The summed E-state index contributed by atoms with van der Waals surface area (Å²) in [5.41, 5.74) is 2.08. The van der Waals surface area contributed by atoms with Gasteiger partial charge in [0.2, 0.25) is 0 Å². The van der Waals surface area contributed by atoms with Crippen LogP contribution in [0.25, 0.3) is 0 Å². The fourth-order valence-corrected chi connectivity index (χ4v) is 1.56. The molecule has 1 aromatic heterocycles. The molecule has 1 aromatic rings. The van der Waals surface area contributed by atoms with E-state index >= 15 is 0 Å². The summed E-state index contributed by atoms with van der Waals surface area (Å²) in [7, 11) is 3.70. The molecule has 15 heavy (non-hydrogen) atoms. The molecule has 0 amide bonds. The number of aryl methyl sites for hydroxylation is 1. The number of aromatic nitrogens is 1. The molecule has 1 heterocycles. The van der Waals surface area contributed by atoms with Gasteiger partial charge in [0, 0.05) is 32.3 Å². The molecule has 0 aliphatic carbocycles. The van der Waals surface area contributed by atoms with Gasteiger partial charge in [-0.2, -0.15) is 0 Å². The Morgan fingerprint density at radius 3 is 2.73 bits per heavy atom. The molecule has 0 N–H and O–H groups in total. The molecule has 0 aliphatic rings. The van der Waals surface area contributed by atoms with Gasteiger partial charge in [0.15, 0.2) is 0 Å². The Balaban J connectivity index is 2.73. The summed E-state index contributed by atoms with van der Waals surface area (Å²) in [4.78, 5) is 6.55. The number of hydrogen-bond donors (Lipinski definition) is 0. The molecule has 84 valence electrons. The van der Waals surface area contributed by atoms with Crippen LogP contribution in [0.4, 0.5) is 5.82 Å². The zero-order valence-electron chi connectivity index (χ0n) is 9.46. The lowest BCUT2D eigenvalue weighted by molar-refractivity contribution is 0.206. The molecule has 0 spiro atoms. The Morgan fingerprint density at radius 1 is 1.47 bits per heavy atom. The monoisotopic (exact) mass is 228 g/mol. The molecular formula is C11H17ClN2O. The molecule has 3 nitrogen and oxygen atoms in total. The van der Waals surface area contributed by atoms with E-state index in [1.165, 1.54) is 0 Å². The summed E-state index contributed by atoms with van der Waals surface area (Å²) < 4.78 is 5.02.